The minimum Gasteiger partial charge on any atom is -0.337 e. The maximum Gasteiger partial charge on any atom is 0.322 e. The number of carbonyl (C=O) groups is 2. The molecule has 0 saturated carbocycles. The molecule has 0 aromatic carbocycles. The smallest absolute Gasteiger partial charge is 0.322 e. The van der Waals surface area contributed by atoms with Crippen LogP contribution in [0.2, 0.25) is 0 Å². The van der Waals surface area contributed by atoms with E-state index >= 15 is 0 Å². The summed E-state index contributed by atoms with van der Waals surface area (Å²) < 4.78 is 0. The predicted molar refractivity (Wildman–Crippen MR) is 51.4 cm³/mol. The van der Waals surface area contributed by atoms with Crippen LogP contribution < -0.4 is 16.0 Å². The molecule has 0 fully saturated rings. The SMILES string of the molecule is O=C(NCCCl)NC(=O)NCCCl. The van der Waals surface area contributed by atoms with Crippen molar-refractivity contribution in [3.8, 4) is 0 Å². The van der Waals surface area contributed by atoms with E-state index in [-0.39, 0.29) is 0 Å². The van der Waals surface area contributed by atoms with Crippen LogP contribution in [0, 0.1) is 0 Å². The number of rotatable bonds is 4. The van der Waals surface area contributed by atoms with Gasteiger partial charge in [0, 0.05) is 24.8 Å². The van der Waals surface area contributed by atoms with Gasteiger partial charge in [0.15, 0.2) is 0 Å². The van der Waals surface area contributed by atoms with Crippen LogP contribution >= 0.6 is 23.2 Å². The van der Waals surface area contributed by atoms with E-state index in [0.29, 0.717) is 24.8 Å². The van der Waals surface area contributed by atoms with Crippen molar-refractivity contribution in [3.63, 3.8) is 0 Å². The Bertz CT molecular complexity index is 159. The van der Waals surface area contributed by atoms with Crippen molar-refractivity contribution < 1.29 is 9.59 Å². The van der Waals surface area contributed by atoms with Gasteiger partial charge in [0.2, 0.25) is 0 Å². The number of imide groups is 1. The first-order valence-corrected chi connectivity index (χ1v) is 4.72. The van der Waals surface area contributed by atoms with E-state index in [1.54, 1.807) is 0 Å². The summed E-state index contributed by atoms with van der Waals surface area (Å²) in [5.74, 6) is 0.605. The third-order valence-corrected chi connectivity index (χ3v) is 1.37. The maximum absolute atomic E-state index is 10.8. The summed E-state index contributed by atoms with van der Waals surface area (Å²) in [6.07, 6.45) is 0. The monoisotopic (exact) mass is 227 g/mol. The van der Waals surface area contributed by atoms with Crippen LogP contribution in [0.3, 0.4) is 0 Å². The minimum atomic E-state index is -0.576. The zero-order chi connectivity index (χ0) is 10.1. The molecule has 0 spiro atoms. The van der Waals surface area contributed by atoms with E-state index in [2.05, 4.69) is 10.6 Å². The summed E-state index contributed by atoms with van der Waals surface area (Å²) in [5.41, 5.74) is 0. The largest absolute Gasteiger partial charge is 0.337 e. The van der Waals surface area contributed by atoms with Crippen molar-refractivity contribution in [2.24, 2.45) is 0 Å². The van der Waals surface area contributed by atoms with Crippen molar-refractivity contribution in [2.45, 2.75) is 0 Å². The van der Waals surface area contributed by atoms with Crippen molar-refractivity contribution in [2.75, 3.05) is 24.8 Å². The lowest BCUT2D eigenvalue weighted by Crippen LogP contribution is -2.45. The number of hydrogen-bond acceptors (Lipinski definition) is 2. The lowest BCUT2D eigenvalue weighted by molar-refractivity contribution is 0.228. The summed E-state index contributed by atoms with van der Waals surface area (Å²) in [5, 5.41) is 6.76. The molecule has 0 aliphatic carbocycles. The lowest BCUT2D eigenvalue weighted by Gasteiger charge is -2.05. The van der Waals surface area contributed by atoms with E-state index in [1.807, 2.05) is 5.32 Å². The molecule has 5 nitrogen and oxygen atoms in total. The molecule has 0 saturated heterocycles. The Hall–Kier alpha value is -0.680. The zero-order valence-electron chi connectivity index (χ0n) is 6.90. The summed E-state index contributed by atoms with van der Waals surface area (Å²) in [4.78, 5) is 21.6. The summed E-state index contributed by atoms with van der Waals surface area (Å²) in [6.45, 7) is 0.631. The van der Waals surface area contributed by atoms with Crippen molar-refractivity contribution in [1.29, 1.82) is 0 Å². The Morgan fingerprint density at radius 1 is 0.923 bits per heavy atom. The molecule has 0 atom stereocenters. The summed E-state index contributed by atoms with van der Waals surface area (Å²) >= 11 is 10.6. The standard InChI is InChI=1S/C6H11Cl2N3O2/c7-1-3-9-5(12)11-6(13)10-4-2-8/h1-4H2,(H3,9,10,11,12,13). The van der Waals surface area contributed by atoms with Gasteiger partial charge in [0.05, 0.1) is 0 Å². The maximum atomic E-state index is 10.8. The van der Waals surface area contributed by atoms with Gasteiger partial charge in [0.25, 0.3) is 0 Å². The number of hydrogen-bond donors (Lipinski definition) is 3. The topological polar surface area (TPSA) is 70.2 Å². The molecule has 3 N–H and O–H groups in total. The Morgan fingerprint density at radius 2 is 1.31 bits per heavy atom. The van der Waals surface area contributed by atoms with E-state index in [4.69, 9.17) is 23.2 Å². The highest BCUT2D eigenvalue weighted by Gasteiger charge is 2.04. The molecule has 0 aliphatic heterocycles. The fourth-order valence-corrected chi connectivity index (χ4v) is 0.702. The Kier molecular flexibility index (Phi) is 7.53. The van der Waals surface area contributed by atoms with Crippen molar-refractivity contribution in [3.05, 3.63) is 0 Å². The second-order valence-electron chi connectivity index (χ2n) is 2.01. The molecule has 76 valence electrons. The quantitative estimate of drug-likeness (QED) is 0.612. The molecular weight excluding hydrogens is 217 g/mol. The fourth-order valence-electron chi connectivity index (χ4n) is 0.513. The Morgan fingerprint density at radius 3 is 1.62 bits per heavy atom. The zero-order valence-corrected chi connectivity index (χ0v) is 8.41. The first kappa shape index (κ1) is 12.3. The molecule has 0 bridgehead atoms. The minimum absolute atomic E-state index is 0.302. The Labute approximate surface area is 86.1 Å². The number of nitrogens with one attached hydrogen (secondary N) is 3. The van der Waals surface area contributed by atoms with Crippen LogP contribution in [-0.2, 0) is 0 Å². The molecule has 0 aliphatic rings. The van der Waals surface area contributed by atoms with Crippen LogP contribution in [0.1, 0.15) is 0 Å². The van der Waals surface area contributed by atoms with E-state index in [9.17, 15) is 9.59 Å². The van der Waals surface area contributed by atoms with Crippen molar-refractivity contribution in [1.82, 2.24) is 16.0 Å². The lowest BCUT2D eigenvalue weighted by atomic mass is 10.7. The molecule has 0 radical (unpaired) electrons. The molecule has 0 unspecified atom stereocenters. The third-order valence-electron chi connectivity index (χ3n) is 0.987. The van der Waals surface area contributed by atoms with Crippen LogP contribution in [0.5, 0.6) is 0 Å². The Balaban J connectivity index is 3.47. The van der Waals surface area contributed by atoms with E-state index < -0.39 is 12.1 Å². The summed E-state index contributed by atoms with van der Waals surface area (Å²) in [6, 6.07) is -1.15. The van der Waals surface area contributed by atoms with Gasteiger partial charge in [-0.2, -0.15) is 0 Å². The number of halogens is 2. The van der Waals surface area contributed by atoms with Gasteiger partial charge in [-0.25, -0.2) is 9.59 Å². The second kappa shape index (κ2) is 7.94. The summed E-state index contributed by atoms with van der Waals surface area (Å²) in [7, 11) is 0. The average molecular weight is 228 g/mol. The van der Waals surface area contributed by atoms with Gasteiger partial charge in [-0.05, 0) is 0 Å². The van der Waals surface area contributed by atoms with Crippen LogP contribution in [0.25, 0.3) is 0 Å². The molecule has 0 aromatic rings. The fraction of sp³-hybridized carbons (Fsp3) is 0.667. The molecule has 4 amide bonds. The molecule has 0 aromatic heterocycles. The predicted octanol–water partition coefficient (Wildman–Crippen LogP) is 0.473. The highest BCUT2D eigenvalue weighted by atomic mass is 35.5. The van der Waals surface area contributed by atoms with E-state index in [0.717, 1.165) is 0 Å². The van der Waals surface area contributed by atoms with Crippen molar-refractivity contribution >= 4 is 35.3 Å². The average Bonchev–Trinajstić information content (AvgIpc) is 2.11. The highest BCUT2D eigenvalue weighted by Crippen LogP contribution is 1.73. The normalized spacial score (nSPS) is 9.08. The third kappa shape index (κ3) is 7.67. The highest BCUT2D eigenvalue weighted by molar-refractivity contribution is 6.18. The van der Waals surface area contributed by atoms with Crippen LogP contribution in [-0.4, -0.2) is 36.9 Å². The van der Waals surface area contributed by atoms with Gasteiger partial charge >= 0.3 is 12.1 Å². The van der Waals surface area contributed by atoms with E-state index in [1.165, 1.54) is 0 Å². The van der Waals surface area contributed by atoms with Gasteiger partial charge in [0.1, 0.15) is 0 Å². The number of amides is 4. The van der Waals surface area contributed by atoms with Crippen LogP contribution in [0.4, 0.5) is 9.59 Å². The molecule has 0 heterocycles. The first-order valence-electron chi connectivity index (χ1n) is 3.65. The van der Waals surface area contributed by atoms with Gasteiger partial charge in [-0.3, -0.25) is 5.32 Å². The van der Waals surface area contributed by atoms with Gasteiger partial charge in [-0.15, -0.1) is 23.2 Å². The van der Waals surface area contributed by atoms with Crippen LogP contribution in [0.15, 0.2) is 0 Å². The van der Waals surface area contributed by atoms with Gasteiger partial charge < -0.3 is 10.6 Å². The molecule has 7 heteroatoms. The number of carbonyl (C=O) groups excluding carboxylic acids is 2. The first-order chi connectivity index (χ1) is 6.20. The second-order valence-corrected chi connectivity index (χ2v) is 2.77. The number of urea groups is 2. The molecule has 0 rings (SSSR count). The van der Waals surface area contributed by atoms with Gasteiger partial charge in [-0.1, -0.05) is 0 Å². The number of alkyl halides is 2. The molecule has 13 heavy (non-hydrogen) atoms. The molecular formula is C6H11Cl2N3O2.